The van der Waals surface area contributed by atoms with E-state index in [1.54, 1.807) is 38.3 Å². The van der Waals surface area contributed by atoms with Crippen LogP contribution in [0.15, 0.2) is 76.2 Å². The molecule has 0 aliphatic carbocycles. The molecule has 0 bridgehead atoms. The van der Waals surface area contributed by atoms with E-state index in [-0.39, 0.29) is 17.9 Å². The van der Waals surface area contributed by atoms with Crippen molar-refractivity contribution in [2.75, 3.05) is 11.4 Å². The van der Waals surface area contributed by atoms with Gasteiger partial charge in [-0.15, -0.1) is 0 Å². The maximum absolute atomic E-state index is 13.9. The molecule has 188 valence electrons. The van der Waals surface area contributed by atoms with Gasteiger partial charge < -0.3 is 14.7 Å². The second-order valence-corrected chi connectivity index (χ2v) is 9.59. The van der Waals surface area contributed by atoms with Crippen molar-refractivity contribution in [3.63, 3.8) is 0 Å². The number of nitrogens with zero attached hydrogens (tertiary/aromatic N) is 3. The van der Waals surface area contributed by atoms with Gasteiger partial charge in [-0.05, 0) is 57.5 Å². The zero-order valence-corrected chi connectivity index (χ0v) is 21.1. The van der Waals surface area contributed by atoms with E-state index < -0.39 is 17.2 Å². The van der Waals surface area contributed by atoms with E-state index in [0.717, 1.165) is 29.2 Å². The predicted molar refractivity (Wildman–Crippen MR) is 135 cm³/mol. The summed E-state index contributed by atoms with van der Waals surface area (Å²) in [6.07, 6.45) is 4.33. The number of aliphatic hydroxyl groups is 1. The van der Waals surface area contributed by atoms with Gasteiger partial charge in [0.2, 0.25) is 0 Å². The minimum absolute atomic E-state index is 0.0240. The van der Waals surface area contributed by atoms with Crippen molar-refractivity contribution in [2.45, 2.75) is 39.9 Å². The fourth-order valence-corrected chi connectivity index (χ4v) is 4.21. The number of pyridine rings is 2. The number of hydrogen-bond donors (Lipinski definition) is 1. The van der Waals surface area contributed by atoms with Crippen LogP contribution in [0.2, 0.25) is 0 Å². The van der Waals surface area contributed by atoms with E-state index >= 15 is 0 Å². The Morgan fingerprint density at radius 2 is 1.94 bits per heavy atom. The van der Waals surface area contributed by atoms with Gasteiger partial charge in [-0.3, -0.25) is 14.3 Å². The molecule has 0 unspecified atom stereocenters. The zero-order chi connectivity index (χ0) is 26.2. The predicted octanol–water partition coefficient (Wildman–Crippen LogP) is 5.44. The number of aromatic nitrogens is 2. The van der Waals surface area contributed by atoms with Gasteiger partial charge in [0.1, 0.15) is 23.9 Å². The zero-order valence-electron chi connectivity index (χ0n) is 20.3. The van der Waals surface area contributed by atoms with Gasteiger partial charge in [-0.1, -0.05) is 17.7 Å². The number of ether oxygens (including phenoxy) is 1. The van der Waals surface area contributed by atoms with E-state index in [1.165, 1.54) is 4.57 Å². The molecule has 2 aromatic heterocycles. The minimum Gasteiger partial charge on any atom is -0.486 e. The first kappa shape index (κ1) is 25.6. The van der Waals surface area contributed by atoms with E-state index in [9.17, 15) is 18.7 Å². The number of halogens is 3. The summed E-state index contributed by atoms with van der Waals surface area (Å²) >= 11 is 6.54. The molecule has 1 aliphatic heterocycles. The maximum atomic E-state index is 13.9. The summed E-state index contributed by atoms with van der Waals surface area (Å²) in [4.78, 5) is 18.8. The van der Waals surface area contributed by atoms with Crippen molar-refractivity contribution in [1.82, 2.24) is 9.55 Å². The minimum atomic E-state index is -1.28. The summed E-state index contributed by atoms with van der Waals surface area (Å²) in [5.74, 6) is -1.18. The molecule has 3 heterocycles. The average Bonchev–Trinajstić information content (AvgIpc) is 2.80. The fraction of sp³-hybridized carbons (Fsp3) is 0.259. The Morgan fingerprint density at radius 1 is 1.19 bits per heavy atom. The number of benzene rings is 1. The second-order valence-electron chi connectivity index (χ2n) is 9.14. The highest BCUT2D eigenvalue weighted by Crippen LogP contribution is 2.33. The van der Waals surface area contributed by atoms with Crippen molar-refractivity contribution < 1.29 is 18.6 Å². The Balaban J connectivity index is 1.61. The van der Waals surface area contributed by atoms with Crippen LogP contribution in [0.1, 0.15) is 37.6 Å². The third-order valence-electron chi connectivity index (χ3n) is 5.95. The van der Waals surface area contributed by atoms with Gasteiger partial charge in [-0.2, -0.15) is 0 Å². The van der Waals surface area contributed by atoms with Crippen LogP contribution < -0.4 is 10.5 Å². The van der Waals surface area contributed by atoms with Crippen molar-refractivity contribution in [1.29, 1.82) is 0 Å². The van der Waals surface area contributed by atoms with Gasteiger partial charge in [0.05, 0.1) is 29.1 Å². The summed E-state index contributed by atoms with van der Waals surface area (Å²) in [6, 6.07) is 9.73. The fourth-order valence-electron chi connectivity index (χ4n) is 3.98. The number of hydrogen-bond acceptors (Lipinski definition) is 5. The summed E-state index contributed by atoms with van der Waals surface area (Å²) in [5.41, 5.74) is 1.95. The van der Waals surface area contributed by atoms with Crippen LogP contribution in [0.25, 0.3) is 5.69 Å². The van der Waals surface area contributed by atoms with Gasteiger partial charge in [0.25, 0.3) is 5.56 Å². The lowest BCUT2D eigenvalue weighted by atomic mass is 10.00. The van der Waals surface area contributed by atoms with Crippen LogP contribution in [0.4, 0.5) is 14.5 Å². The molecule has 36 heavy (non-hydrogen) atoms. The van der Waals surface area contributed by atoms with Crippen LogP contribution in [-0.2, 0) is 16.9 Å². The lowest BCUT2D eigenvalue weighted by Gasteiger charge is -2.31. The number of aryl methyl sites for hydroxylation is 1. The first-order valence-electron chi connectivity index (χ1n) is 11.3. The molecule has 9 heteroatoms. The average molecular weight is 514 g/mol. The summed E-state index contributed by atoms with van der Waals surface area (Å²) in [6.45, 7) is 7.08. The van der Waals surface area contributed by atoms with E-state index in [1.807, 2.05) is 36.9 Å². The molecule has 1 aliphatic rings. The molecule has 0 radical (unpaired) electrons. The first-order valence-corrected chi connectivity index (χ1v) is 11.7. The molecule has 0 saturated carbocycles. The molecule has 1 N–H and O–H groups in total. The summed E-state index contributed by atoms with van der Waals surface area (Å²) < 4.78 is 34.2. The van der Waals surface area contributed by atoms with E-state index in [4.69, 9.17) is 16.3 Å². The van der Waals surface area contributed by atoms with Crippen LogP contribution in [-0.4, -0.2) is 21.2 Å². The largest absolute Gasteiger partial charge is 0.486 e. The molecule has 0 amide bonds. The summed E-state index contributed by atoms with van der Waals surface area (Å²) in [7, 11) is 0. The molecule has 1 aromatic carbocycles. The van der Waals surface area contributed by atoms with Gasteiger partial charge in [0.15, 0.2) is 5.82 Å². The molecule has 3 aromatic rings. The Kier molecular flexibility index (Phi) is 7.02. The Hall–Kier alpha value is -3.49. The van der Waals surface area contributed by atoms with Gasteiger partial charge in [0, 0.05) is 35.3 Å². The summed E-state index contributed by atoms with van der Waals surface area (Å²) in [5, 5.41) is 10.8. The van der Waals surface area contributed by atoms with Gasteiger partial charge >= 0.3 is 0 Å². The highest BCUT2D eigenvalue weighted by atomic mass is 35.5. The second kappa shape index (κ2) is 9.87. The van der Waals surface area contributed by atoms with Crippen LogP contribution in [0.5, 0.6) is 0 Å². The van der Waals surface area contributed by atoms with Crippen molar-refractivity contribution >= 4 is 17.3 Å². The highest BCUT2D eigenvalue weighted by Gasteiger charge is 2.23. The number of rotatable bonds is 6. The van der Waals surface area contributed by atoms with Crippen molar-refractivity contribution in [3.8, 4) is 5.69 Å². The Bertz CT molecular complexity index is 1440. The molecule has 6 nitrogen and oxygen atoms in total. The number of allylic oxidation sites excluding steroid dienone is 2. The topological polar surface area (TPSA) is 67.6 Å². The van der Waals surface area contributed by atoms with Gasteiger partial charge in [-0.25, -0.2) is 8.78 Å². The Morgan fingerprint density at radius 3 is 2.64 bits per heavy atom. The molecule has 4 rings (SSSR count). The lowest BCUT2D eigenvalue weighted by molar-refractivity contribution is 0.0768. The van der Waals surface area contributed by atoms with E-state index in [2.05, 4.69) is 4.98 Å². The smallest absolute Gasteiger partial charge is 0.261 e. The third-order valence-corrected chi connectivity index (χ3v) is 6.25. The molecular formula is C27H26ClF2N3O3. The quantitative estimate of drug-likeness (QED) is 0.475. The normalized spacial score (nSPS) is 14.2. The van der Waals surface area contributed by atoms with Crippen LogP contribution >= 0.6 is 11.6 Å². The van der Waals surface area contributed by atoms with Crippen molar-refractivity contribution in [3.05, 3.63) is 110 Å². The number of anilines is 1. The molecular weight excluding hydrogens is 488 g/mol. The molecule has 0 spiro atoms. The molecule has 0 atom stereocenters. The monoisotopic (exact) mass is 513 g/mol. The van der Waals surface area contributed by atoms with Crippen LogP contribution in [0, 0.1) is 18.6 Å². The van der Waals surface area contributed by atoms with Crippen molar-refractivity contribution in [2.24, 2.45) is 0 Å². The van der Waals surface area contributed by atoms with Crippen LogP contribution in [0.3, 0.4) is 0 Å². The third kappa shape index (κ3) is 5.20. The molecule has 0 fully saturated rings. The maximum Gasteiger partial charge on any atom is 0.261 e. The standard InChI is InChI=1S/C27H26ClF2N3O3/c1-16-7-8-19(32-9-5-6-20(26(32)34)27(3,4)35)12-24(16)33-14-21(28)25(10-17(33)2)36-15-23-22(30)11-18(29)13-31-23/h5-13,35H,14-15H2,1-4H3. The lowest BCUT2D eigenvalue weighted by Crippen LogP contribution is -2.31. The highest BCUT2D eigenvalue weighted by molar-refractivity contribution is 6.30. The molecule has 0 saturated heterocycles. The Labute approximate surface area is 212 Å². The first-order chi connectivity index (χ1) is 17.0. The SMILES string of the molecule is CC1=CC(OCc2ncc(F)cc2F)=C(Cl)CN1c1cc(-n2cccc(C(C)(C)O)c2=O)ccc1C. The van der Waals surface area contributed by atoms with E-state index in [0.29, 0.717) is 28.6 Å².